The minimum Gasteiger partial charge on any atom is -0.497 e. The Bertz CT molecular complexity index is 713. The van der Waals surface area contributed by atoms with Crippen molar-refractivity contribution in [2.45, 2.75) is 25.9 Å². The van der Waals surface area contributed by atoms with Gasteiger partial charge in [0.05, 0.1) is 7.11 Å². The Kier molecular flexibility index (Phi) is 8.14. The Hall–Kier alpha value is -2.53. The van der Waals surface area contributed by atoms with Gasteiger partial charge in [-0.05, 0) is 56.3 Å². The van der Waals surface area contributed by atoms with E-state index in [0.29, 0.717) is 13.2 Å². The molecule has 5 nitrogen and oxygen atoms in total. The fourth-order valence-electron chi connectivity index (χ4n) is 2.87. The summed E-state index contributed by atoms with van der Waals surface area (Å²) < 4.78 is 16.6. The van der Waals surface area contributed by atoms with Crippen molar-refractivity contribution < 1.29 is 19.0 Å². The summed E-state index contributed by atoms with van der Waals surface area (Å²) in [7, 11) is 5.56. The Morgan fingerprint density at radius 2 is 1.74 bits per heavy atom. The van der Waals surface area contributed by atoms with Crippen LogP contribution in [0.5, 0.6) is 11.5 Å². The van der Waals surface area contributed by atoms with Crippen molar-refractivity contribution in [1.29, 1.82) is 0 Å². The molecule has 0 fully saturated rings. The quantitative estimate of drug-likeness (QED) is 0.600. The number of nitrogens with zero attached hydrogens (tertiary/aromatic N) is 1. The third-order valence-corrected chi connectivity index (χ3v) is 4.14. The maximum Gasteiger partial charge on any atom is 0.303 e. The van der Waals surface area contributed by atoms with Crippen LogP contribution in [0, 0.1) is 0 Å². The molecule has 5 heteroatoms. The summed E-state index contributed by atoms with van der Waals surface area (Å²) in [6, 6.07) is 16.1. The van der Waals surface area contributed by atoms with Crippen molar-refractivity contribution in [3.63, 3.8) is 0 Å². The van der Waals surface area contributed by atoms with Crippen LogP contribution in [0.1, 0.15) is 18.1 Å². The van der Waals surface area contributed by atoms with Crippen molar-refractivity contribution in [3.05, 3.63) is 59.7 Å². The van der Waals surface area contributed by atoms with E-state index < -0.39 is 0 Å². The van der Waals surface area contributed by atoms with Crippen molar-refractivity contribution in [2.75, 3.05) is 34.4 Å². The van der Waals surface area contributed by atoms with Crippen LogP contribution in [0.4, 0.5) is 0 Å². The van der Waals surface area contributed by atoms with Crippen LogP contribution in [0.3, 0.4) is 0 Å². The predicted octanol–water partition coefficient (Wildman–Crippen LogP) is 3.35. The van der Waals surface area contributed by atoms with Gasteiger partial charge in [-0.25, -0.2) is 0 Å². The van der Waals surface area contributed by atoms with Gasteiger partial charge < -0.3 is 19.1 Å². The van der Waals surface area contributed by atoms with Gasteiger partial charge in [0.25, 0.3) is 0 Å². The lowest BCUT2D eigenvalue weighted by molar-refractivity contribution is -0.148. The second kappa shape index (κ2) is 10.6. The molecule has 0 radical (unpaired) electrons. The first-order valence-electron chi connectivity index (χ1n) is 9.13. The summed E-state index contributed by atoms with van der Waals surface area (Å²) >= 11 is 0. The summed E-state index contributed by atoms with van der Waals surface area (Å²) in [5.74, 6) is 1.40. The SMILES string of the molecule is COc1ccc(CCc2ccccc2OC[C@H](CN(C)C)OC(C)=O)cc1. The Morgan fingerprint density at radius 3 is 2.37 bits per heavy atom. The molecule has 0 aliphatic carbocycles. The van der Waals surface area contributed by atoms with E-state index in [-0.39, 0.29) is 12.1 Å². The number of hydrogen-bond acceptors (Lipinski definition) is 5. The monoisotopic (exact) mass is 371 g/mol. The highest BCUT2D eigenvalue weighted by atomic mass is 16.6. The van der Waals surface area contributed by atoms with Crippen LogP contribution in [0.15, 0.2) is 48.5 Å². The van der Waals surface area contributed by atoms with Crippen molar-refractivity contribution in [2.24, 2.45) is 0 Å². The number of para-hydroxylation sites is 1. The molecule has 0 heterocycles. The molecule has 27 heavy (non-hydrogen) atoms. The normalized spacial score (nSPS) is 11.9. The molecular weight excluding hydrogens is 342 g/mol. The lowest BCUT2D eigenvalue weighted by Gasteiger charge is -2.22. The average molecular weight is 371 g/mol. The van der Waals surface area contributed by atoms with E-state index in [2.05, 4.69) is 18.2 Å². The fourth-order valence-corrected chi connectivity index (χ4v) is 2.87. The number of ether oxygens (including phenoxy) is 3. The summed E-state index contributed by atoms with van der Waals surface area (Å²) in [6.45, 7) is 2.37. The van der Waals surface area contributed by atoms with Gasteiger partial charge >= 0.3 is 5.97 Å². The minimum atomic E-state index is -0.299. The maximum atomic E-state index is 11.3. The van der Waals surface area contributed by atoms with Crippen molar-refractivity contribution in [3.8, 4) is 11.5 Å². The summed E-state index contributed by atoms with van der Waals surface area (Å²) in [5, 5.41) is 0. The number of esters is 1. The number of hydrogen-bond donors (Lipinski definition) is 0. The Balaban J connectivity index is 1.97. The molecule has 0 N–H and O–H groups in total. The zero-order chi connectivity index (χ0) is 19.6. The average Bonchev–Trinajstić information content (AvgIpc) is 2.64. The Morgan fingerprint density at radius 1 is 1.04 bits per heavy atom. The molecular formula is C22H29NO4. The van der Waals surface area contributed by atoms with Crippen LogP contribution in [0.25, 0.3) is 0 Å². The summed E-state index contributed by atoms with van der Waals surface area (Å²) in [4.78, 5) is 13.3. The minimum absolute atomic E-state index is 0.293. The molecule has 0 aliphatic rings. The number of likely N-dealkylation sites (N-methyl/N-ethyl adjacent to an activating group) is 1. The van der Waals surface area contributed by atoms with Gasteiger partial charge in [0.1, 0.15) is 24.2 Å². The van der Waals surface area contributed by atoms with Crippen LogP contribution in [-0.2, 0) is 22.4 Å². The fraction of sp³-hybridized carbons (Fsp3) is 0.409. The van der Waals surface area contributed by atoms with Crippen molar-refractivity contribution in [1.82, 2.24) is 4.90 Å². The van der Waals surface area contributed by atoms with Gasteiger partial charge in [-0.1, -0.05) is 30.3 Å². The molecule has 0 unspecified atom stereocenters. The summed E-state index contributed by atoms with van der Waals surface area (Å²) in [6.07, 6.45) is 1.48. The highest BCUT2D eigenvalue weighted by Crippen LogP contribution is 2.21. The smallest absolute Gasteiger partial charge is 0.303 e. The number of aryl methyl sites for hydroxylation is 2. The first kappa shape index (κ1) is 20.8. The number of rotatable bonds is 10. The number of carbonyl (C=O) groups is 1. The molecule has 2 rings (SSSR count). The van der Waals surface area contributed by atoms with E-state index >= 15 is 0 Å². The largest absolute Gasteiger partial charge is 0.497 e. The molecule has 0 amide bonds. The second-order valence-electron chi connectivity index (χ2n) is 6.76. The van der Waals surface area contributed by atoms with E-state index in [4.69, 9.17) is 14.2 Å². The first-order chi connectivity index (χ1) is 13.0. The van der Waals surface area contributed by atoms with E-state index in [0.717, 1.165) is 29.9 Å². The zero-order valence-corrected chi connectivity index (χ0v) is 16.6. The third kappa shape index (κ3) is 7.31. The van der Waals surface area contributed by atoms with Crippen LogP contribution in [-0.4, -0.2) is 51.3 Å². The van der Waals surface area contributed by atoms with Gasteiger partial charge in [-0.15, -0.1) is 0 Å². The molecule has 0 aliphatic heterocycles. The maximum absolute atomic E-state index is 11.3. The third-order valence-electron chi connectivity index (χ3n) is 4.14. The Labute approximate surface area is 161 Å². The zero-order valence-electron chi connectivity index (χ0n) is 16.6. The summed E-state index contributed by atoms with van der Waals surface area (Å²) in [5.41, 5.74) is 2.38. The molecule has 0 saturated carbocycles. The molecule has 0 aromatic heterocycles. The highest BCUT2D eigenvalue weighted by molar-refractivity contribution is 5.66. The number of benzene rings is 2. The molecule has 0 spiro atoms. The lowest BCUT2D eigenvalue weighted by Crippen LogP contribution is -2.34. The topological polar surface area (TPSA) is 48.0 Å². The first-order valence-corrected chi connectivity index (χ1v) is 9.13. The lowest BCUT2D eigenvalue weighted by atomic mass is 10.0. The van der Waals surface area contributed by atoms with Crippen LogP contribution >= 0.6 is 0 Å². The van der Waals surface area contributed by atoms with Gasteiger partial charge in [0, 0.05) is 13.5 Å². The molecule has 0 saturated heterocycles. The van der Waals surface area contributed by atoms with Gasteiger partial charge in [0.15, 0.2) is 0 Å². The van der Waals surface area contributed by atoms with Crippen LogP contribution < -0.4 is 9.47 Å². The molecule has 2 aromatic carbocycles. The molecule has 2 aromatic rings. The molecule has 1 atom stereocenters. The van der Waals surface area contributed by atoms with E-state index in [1.54, 1.807) is 7.11 Å². The van der Waals surface area contributed by atoms with Gasteiger partial charge in [-0.3, -0.25) is 4.79 Å². The van der Waals surface area contributed by atoms with Crippen LogP contribution in [0.2, 0.25) is 0 Å². The van der Waals surface area contributed by atoms with Gasteiger partial charge in [-0.2, -0.15) is 0 Å². The van der Waals surface area contributed by atoms with E-state index in [1.165, 1.54) is 12.5 Å². The second-order valence-corrected chi connectivity index (χ2v) is 6.76. The van der Waals surface area contributed by atoms with Crippen molar-refractivity contribution >= 4 is 5.97 Å². The number of carbonyl (C=O) groups excluding carboxylic acids is 1. The molecule has 0 bridgehead atoms. The highest BCUT2D eigenvalue weighted by Gasteiger charge is 2.15. The standard InChI is InChI=1S/C22H29NO4/c1-17(24)27-21(15-23(2)3)16-26-22-8-6-5-7-19(22)12-9-18-10-13-20(25-4)14-11-18/h5-8,10-11,13-14,21H,9,12,15-16H2,1-4H3/t21-/m0/s1. The number of methoxy groups -OCH3 is 1. The molecule has 146 valence electrons. The van der Waals surface area contributed by atoms with E-state index in [1.807, 2.05) is 49.3 Å². The van der Waals surface area contributed by atoms with Gasteiger partial charge in [0.2, 0.25) is 0 Å². The predicted molar refractivity (Wildman–Crippen MR) is 106 cm³/mol. The van der Waals surface area contributed by atoms with E-state index in [9.17, 15) is 4.79 Å².